The second kappa shape index (κ2) is 12.5. The van der Waals surface area contributed by atoms with E-state index in [0.717, 1.165) is 16.8 Å². The number of nitriles is 1. The fraction of sp³-hybridized carbons (Fsp3) is 0.194. The van der Waals surface area contributed by atoms with E-state index in [0.29, 0.717) is 27.6 Å². The lowest BCUT2D eigenvalue weighted by Gasteiger charge is -2.30. The molecule has 1 heterocycles. The molecule has 0 aliphatic carbocycles. The lowest BCUT2D eigenvalue weighted by atomic mass is 9.82. The standard InChI is InChI=1S/C31H30N4O4S/c1-18-9-8-10-19(2)29(18)35-26(37)17-40-31-23(16-32)28(21-13-14-24(36)25(15-21)39-4)27(20(3)33-31)30(38)34-22-11-6-5-7-12-22/h5-15,28,33,36H,17H2,1-4H3,(H,34,38)(H,35,37). The Balaban J connectivity index is 1.68. The summed E-state index contributed by atoms with van der Waals surface area (Å²) in [6.07, 6.45) is 0. The maximum absolute atomic E-state index is 13.6. The highest BCUT2D eigenvalue weighted by Gasteiger charge is 2.35. The van der Waals surface area contributed by atoms with Crippen LogP contribution >= 0.6 is 11.8 Å². The van der Waals surface area contributed by atoms with Crippen molar-refractivity contribution in [3.8, 4) is 17.6 Å². The number of anilines is 2. The molecule has 9 heteroatoms. The second-order valence-electron chi connectivity index (χ2n) is 9.31. The highest BCUT2D eigenvalue weighted by molar-refractivity contribution is 8.03. The maximum atomic E-state index is 13.6. The number of hydrogen-bond acceptors (Lipinski definition) is 7. The highest BCUT2D eigenvalue weighted by Crippen LogP contribution is 2.43. The number of ether oxygens (including phenoxy) is 1. The monoisotopic (exact) mass is 554 g/mol. The first-order valence-electron chi connectivity index (χ1n) is 12.6. The Morgan fingerprint density at radius 1 is 1.02 bits per heavy atom. The van der Waals surface area contributed by atoms with Crippen LogP contribution in [0, 0.1) is 25.2 Å². The molecule has 1 aliphatic rings. The molecule has 0 fully saturated rings. The van der Waals surface area contributed by atoms with Crippen molar-refractivity contribution in [3.05, 3.63) is 105 Å². The number of phenolic OH excluding ortho intramolecular Hbond substituents is 1. The number of nitrogens with zero attached hydrogens (tertiary/aromatic N) is 1. The number of benzene rings is 3. The van der Waals surface area contributed by atoms with Gasteiger partial charge in [0.2, 0.25) is 5.91 Å². The van der Waals surface area contributed by atoms with Crippen molar-refractivity contribution in [3.63, 3.8) is 0 Å². The Morgan fingerprint density at radius 2 is 1.73 bits per heavy atom. The minimum Gasteiger partial charge on any atom is -0.504 e. The molecule has 2 amide bonds. The average molecular weight is 555 g/mol. The topological polar surface area (TPSA) is 123 Å². The van der Waals surface area contributed by atoms with Crippen LogP contribution in [0.25, 0.3) is 0 Å². The predicted molar refractivity (Wildman–Crippen MR) is 158 cm³/mol. The molecule has 0 radical (unpaired) electrons. The van der Waals surface area contributed by atoms with Crippen molar-refractivity contribution in [2.75, 3.05) is 23.5 Å². The van der Waals surface area contributed by atoms with E-state index in [1.807, 2.05) is 50.2 Å². The minimum atomic E-state index is -0.770. The van der Waals surface area contributed by atoms with Crippen molar-refractivity contribution < 1.29 is 19.4 Å². The van der Waals surface area contributed by atoms with E-state index >= 15 is 0 Å². The van der Waals surface area contributed by atoms with E-state index in [9.17, 15) is 20.0 Å². The van der Waals surface area contributed by atoms with Gasteiger partial charge in [0.05, 0.1) is 35.5 Å². The van der Waals surface area contributed by atoms with Crippen LogP contribution in [0.2, 0.25) is 0 Å². The molecular formula is C31H30N4O4S. The van der Waals surface area contributed by atoms with Gasteiger partial charge in [0.1, 0.15) is 0 Å². The number of aryl methyl sites for hydroxylation is 2. The number of amides is 2. The Kier molecular flexibility index (Phi) is 8.82. The molecule has 0 spiro atoms. The van der Waals surface area contributed by atoms with Crippen molar-refractivity contribution in [1.29, 1.82) is 5.26 Å². The zero-order valence-electron chi connectivity index (χ0n) is 22.7. The van der Waals surface area contributed by atoms with E-state index in [1.165, 1.54) is 24.9 Å². The van der Waals surface area contributed by atoms with Gasteiger partial charge in [-0.3, -0.25) is 9.59 Å². The van der Waals surface area contributed by atoms with Crippen molar-refractivity contribution >= 4 is 35.0 Å². The van der Waals surface area contributed by atoms with Crippen molar-refractivity contribution in [1.82, 2.24) is 5.32 Å². The largest absolute Gasteiger partial charge is 0.504 e. The van der Waals surface area contributed by atoms with Crippen LogP contribution in [0.15, 0.2) is 88.6 Å². The smallest absolute Gasteiger partial charge is 0.254 e. The number of carbonyl (C=O) groups is 2. The fourth-order valence-corrected chi connectivity index (χ4v) is 5.47. The molecule has 1 unspecified atom stereocenters. The number of allylic oxidation sites excluding steroid dienone is 2. The minimum absolute atomic E-state index is 0.0474. The van der Waals surface area contributed by atoms with Gasteiger partial charge >= 0.3 is 0 Å². The number of rotatable bonds is 8. The zero-order chi connectivity index (χ0) is 28.8. The summed E-state index contributed by atoms with van der Waals surface area (Å²) in [5, 5.41) is 30.1. The third-order valence-corrected chi connectivity index (χ3v) is 7.57. The number of dihydropyridines is 1. The van der Waals surface area contributed by atoms with Gasteiger partial charge in [-0.05, 0) is 61.7 Å². The van der Waals surface area contributed by atoms with Gasteiger partial charge < -0.3 is 25.8 Å². The van der Waals surface area contributed by atoms with Crippen molar-refractivity contribution in [2.24, 2.45) is 0 Å². The van der Waals surface area contributed by atoms with Crippen LogP contribution in [0.3, 0.4) is 0 Å². The zero-order valence-corrected chi connectivity index (χ0v) is 23.5. The second-order valence-corrected chi connectivity index (χ2v) is 10.3. The molecule has 3 aromatic carbocycles. The molecule has 0 bridgehead atoms. The summed E-state index contributed by atoms with van der Waals surface area (Å²) in [6, 6.07) is 21.8. The van der Waals surface area contributed by atoms with Crippen LogP contribution in [0.4, 0.5) is 11.4 Å². The van der Waals surface area contributed by atoms with Gasteiger partial charge in [-0.2, -0.15) is 5.26 Å². The first kappa shape index (κ1) is 28.3. The fourth-order valence-electron chi connectivity index (χ4n) is 4.58. The summed E-state index contributed by atoms with van der Waals surface area (Å²) >= 11 is 1.19. The molecular weight excluding hydrogens is 524 g/mol. The first-order chi connectivity index (χ1) is 19.2. The SMILES string of the molecule is COc1cc(C2C(C#N)=C(SCC(=O)Nc3c(C)cccc3C)NC(C)=C2C(=O)Nc2ccccc2)ccc1O. The lowest BCUT2D eigenvalue weighted by Crippen LogP contribution is -2.31. The number of phenols is 1. The number of aromatic hydroxyl groups is 1. The van der Waals surface area contributed by atoms with Gasteiger partial charge in [-0.1, -0.05) is 54.2 Å². The molecule has 4 N–H and O–H groups in total. The molecule has 204 valence electrons. The number of hydrogen-bond donors (Lipinski definition) is 4. The van der Waals surface area contributed by atoms with Crippen LogP contribution in [0.5, 0.6) is 11.5 Å². The first-order valence-corrected chi connectivity index (χ1v) is 13.6. The summed E-state index contributed by atoms with van der Waals surface area (Å²) < 4.78 is 5.31. The molecule has 40 heavy (non-hydrogen) atoms. The Hall–Kier alpha value is -4.68. The number of thioether (sulfide) groups is 1. The van der Waals surface area contributed by atoms with Crippen LogP contribution < -0.4 is 20.7 Å². The van der Waals surface area contributed by atoms with Crippen LogP contribution in [0.1, 0.15) is 29.5 Å². The average Bonchev–Trinajstić information content (AvgIpc) is 2.94. The highest BCUT2D eigenvalue weighted by atomic mass is 32.2. The van der Waals surface area contributed by atoms with Gasteiger partial charge in [-0.25, -0.2) is 0 Å². The Bertz CT molecular complexity index is 1540. The molecule has 0 saturated carbocycles. The van der Waals surface area contributed by atoms with Gasteiger partial charge in [0.15, 0.2) is 11.5 Å². The van der Waals surface area contributed by atoms with E-state index in [-0.39, 0.29) is 34.6 Å². The van der Waals surface area contributed by atoms with E-state index < -0.39 is 5.92 Å². The number of carbonyl (C=O) groups excluding carboxylic acids is 2. The van der Waals surface area contributed by atoms with Crippen molar-refractivity contribution in [2.45, 2.75) is 26.7 Å². The summed E-state index contributed by atoms with van der Waals surface area (Å²) in [5.74, 6) is -1.16. The maximum Gasteiger partial charge on any atom is 0.254 e. The summed E-state index contributed by atoms with van der Waals surface area (Å²) in [5.41, 5.74) is 5.05. The van der Waals surface area contributed by atoms with Gasteiger partial charge in [0.25, 0.3) is 5.91 Å². The quantitative estimate of drug-likeness (QED) is 0.281. The third kappa shape index (κ3) is 6.14. The molecule has 0 saturated heterocycles. The van der Waals surface area contributed by atoms with E-state index in [4.69, 9.17) is 4.74 Å². The number of nitrogens with one attached hydrogen (secondary N) is 3. The van der Waals surface area contributed by atoms with Crippen LogP contribution in [-0.2, 0) is 9.59 Å². The van der Waals surface area contributed by atoms with Gasteiger partial charge in [-0.15, -0.1) is 0 Å². The molecule has 0 aromatic heterocycles. The van der Waals surface area contributed by atoms with E-state index in [1.54, 1.807) is 31.2 Å². The summed E-state index contributed by atoms with van der Waals surface area (Å²) in [4.78, 5) is 26.5. The number of para-hydroxylation sites is 2. The molecule has 1 aliphatic heterocycles. The third-order valence-electron chi connectivity index (χ3n) is 6.55. The number of methoxy groups -OCH3 is 1. The molecule has 1 atom stereocenters. The Labute approximate surface area is 237 Å². The van der Waals surface area contributed by atoms with Gasteiger partial charge in [0, 0.05) is 22.6 Å². The Morgan fingerprint density at radius 3 is 2.38 bits per heavy atom. The molecule has 3 aromatic rings. The molecule has 4 rings (SSSR count). The van der Waals surface area contributed by atoms with E-state index in [2.05, 4.69) is 22.0 Å². The normalized spacial score (nSPS) is 14.7. The molecule has 8 nitrogen and oxygen atoms in total. The predicted octanol–water partition coefficient (Wildman–Crippen LogP) is 5.72. The van der Waals surface area contributed by atoms with Crippen LogP contribution in [-0.4, -0.2) is 29.8 Å². The summed E-state index contributed by atoms with van der Waals surface area (Å²) in [7, 11) is 1.43. The summed E-state index contributed by atoms with van der Waals surface area (Å²) in [6.45, 7) is 5.62. The lowest BCUT2D eigenvalue weighted by molar-refractivity contribution is -0.114.